The summed E-state index contributed by atoms with van der Waals surface area (Å²) in [6.07, 6.45) is 5.76. The Morgan fingerprint density at radius 1 is 1.28 bits per heavy atom. The molecule has 0 aliphatic heterocycles. The number of amides is 1. The Balaban J connectivity index is 1.66. The van der Waals surface area contributed by atoms with E-state index < -0.39 is 0 Å². The Bertz CT molecular complexity index is 919. The van der Waals surface area contributed by atoms with Crippen LogP contribution in [0.15, 0.2) is 42.7 Å². The third-order valence-corrected chi connectivity index (χ3v) is 4.52. The van der Waals surface area contributed by atoms with Crippen LogP contribution in [0.3, 0.4) is 0 Å². The van der Waals surface area contributed by atoms with E-state index in [9.17, 15) is 4.79 Å². The Labute approximate surface area is 147 Å². The summed E-state index contributed by atoms with van der Waals surface area (Å²) in [4.78, 5) is 17.3. The molecule has 1 saturated carbocycles. The van der Waals surface area contributed by atoms with Gasteiger partial charge in [-0.25, -0.2) is 0 Å². The second kappa shape index (κ2) is 6.31. The maximum Gasteiger partial charge on any atom is 0.259 e. The fourth-order valence-corrected chi connectivity index (χ4v) is 3.25. The summed E-state index contributed by atoms with van der Waals surface area (Å²) in [6.45, 7) is 5.18. The first-order valence-corrected chi connectivity index (χ1v) is 8.84. The lowest BCUT2D eigenvalue weighted by molar-refractivity contribution is 0.102. The maximum atomic E-state index is 12.9. The van der Waals surface area contributed by atoms with Crippen molar-refractivity contribution in [1.82, 2.24) is 14.8 Å². The maximum absolute atomic E-state index is 12.9. The highest BCUT2D eigenvalue weighted by atomic mass is 16.1. The van der Waals surface area contributed by atoms with E-state index in [2.05, 4.69) is 29.2 Å². The van der Waals surface area contributed by atoms with Crippen molar-refractivity contribution in [2.75, 3.05) is 5.32 Å². The molecular formula is C20H22N4O. The normalized spacial score (nSPS) is 14.2. The van der Waals surface area contributed by atoms with Gasteiger partial charge in [-0.1, -0.05) is 19.9 Å². The zero-order chi connectivity index (χ0) is 17.4. The van der Waals surface area contributed by atoms with Gasteiger partial charge in [0.05, 0.1) is 28.7 Å². The smallest absolute Gasteiger partial charge is 0.259 e. The van der Waals surface area contributed by atoms with Crippen molar-refractivity contribution in [3.05, 3.63) is 54.0 Å². The van der Waals surface area contributed by atoms with Crippen LogP contribution in [0.2, 0.25) is 0 Å². The Morgan fingerprint density at radius 2 is 2.12 bits per heavy atom. The van der Waals surface area contributed by atoms with Gasteiger partial charge in [0.15, 0.2) is 0 Å². The van der Waals surface area contributed by atoms with Crippen molar-refractivity contribution in [2.45, 2.75) is 39.2 Å². The van der Waals surface area contributed by atoms with Gasteiger partial charge < -0.3 is 5.32 Å². The Hall–Kier alpha value is -2.69. The summed E-state index contributed by atoms with van der Waals surface area (Å²) in [6, 6.07) is 9.63. The second-order valence-electron chi connectivity index (χ2n) is 7.12. The summed E-state index contributed by atoms with van der Waals surface area (Å²) in [5, 5.41) is 8.49. The van der Waals surface area contributed by atoms with Gasteiger partial charge in [-0.15, -0.1) is 0 Å². The zero-order valence-electron chi connectivity index (χ0n) is 14.6. The quantitative estimate of drug-likeness (QED) is 0.760. The van der Waals surface area contributed by atoms with E-state index in [1.807, 2.05) is 35.0 Å². The van der Waals surface area contributed by atoms with Gasteiger partial charge in [0, 0.05) is 24.0 Å². The van der Waals surface area contributed by atoms with Gasteiger partial charge in [0.25, 0.3) is 5.91 Å². The minimum atomic E-state index is -0.0896. The average Bonchev–Trinajstić information content (AvgIpc) is 3.35. The molecule has 1 fully saturated rings. The minimum absolute atomic E-state index is 0.0896. The topological polar surface area (TPSA) is 59.8 Å². The van der Waals surface area contributed by atoms with Crippen molar-refractivity contribution in [2.24, 2.45) is 5.92 Å². The summed E-state index contributed by atoms with van der Waals surface area (Å²) >= 11 is 0. The standard InChI is InChI=1S/C20H22N4O/c1-13(2)12-24-19(14-8-9-14)16(11-22-24)20(25)23-18-7-3-6-17-15(18)5-4-10-21-17/h3-7,10-11,13-14H,8-9,12H2,1-2H3,(H,23,25). The van der Waals surface area contributed by atoms with Crippen LogP contribution in [0.25, 0.3) is 10.9 Å². The highest BCUT2D eigenvalue weighted by molar-refractivity contribution is 6.09. The first kappa shape index (κ1) is 15.8. The van der Waals surface area contributed by atoms with Crippen LogP contribution >= 0.6 is 0 Å². The van der Waals surface area contributed by atoms with Crippen LogP contribution in [-0.4, -0.2) is 20.7 Å². The molecule has 0 atom stereocenters. The summed E-state index contributed by atoms with van der Waals surface area (Å²) in [5.74, 6) is 0.877. The lowest BCUT2D eigenvalue weighted by atomic mass is 10.1. The molecule has 4 rings (SSSR count). The van der Waals surface area contributed by atoms with Gasteiger partial charge in [-0.05, 0) is 43.0 Å². The van der Waals surface area contributed by atoms with E-state index in [0.29, 0.717) is 17.4 Å². The largest absolute Gasteiger partial charge is 0.321 e. The number of anilines is 1. The first-order chi connectivity index (χ1) is 12.1. The Morgan fingerprint density at radius 3 is 2.88 bits per heavy atom. The van der Waals surface area contributed by atoms with Crippen molar-refractivity contribution in [3.8, 4) is 0 Å². The van der Waals surface area contributed by atoms with Crippen LogP contribution in [-0.2, 0) is 6.54 Å². The number of carbonyl (C=O) groups is 1. The van der Waals surface area contributed by atoms with E-state index in [1.54, 1.807) is 12.4 Å². The monoisotopic (exact) mass is 334 g/mol. The van der Waals surface area contributed by atoms with Gasteiger partial charge in [0.1, 0.15) is 0 Å². The molecule has 1 amide bonds. The number of hydrogen-bond donors (Lipinski definition) is 1. The van der Waals surface area contributed by atoms with E-state index in [1.165, 1.54) is 0 Å². The molecule has 2 aromatic heterocycles. The van der Waals surface area contributed by atoms with Crippen LogP contribution in [0.4, 0.5) is 5.69 Å². The van der Waals surface area contributed by atoms with Gasteiger partial charge in [0.2, 0.25) is 0 Å². The van der Waals surface area contributed by atoms with Gasteiger partial charge >= 0.3 is 0 Å². The number of nitrogens with one attached hydrogen (secondary N) is 1. The number of nitrogens with zero attached hydrogens (tertiary/aromatic N) is 3. The molecule has 1 aromatic carbocycles. The third-order valence-electron chi connectivity index (χ3n) is 4.52. The van der Waals surface area contributed by atoms with E-state index >= 15 is 0 Å². The predicted octanol–water partition coefficient (Wildman–Crippen LogP) is 4.22. The zero-order valence-corrected chi connectivity index (χ0v) is 14.6. The van der Waals surface area contributed by atoms with Crippen LogP contribution in [0.1, 0.15) is 48.7 Å². The lowest BCUT2D eigenvalue weighted by Gasteiger charge is -2.12. The highest BCUT2D eigenvalue weighted by Crippen LogP contribution is 2.42. The molecule has 0 saturated heterocycles. The number of aromatic nitrogens is 3. The second-order valence-corrected chi connectivity index (χ2v) is 7.12. The number of hydrogen-bond acceptors (Lipinski definition) is 3. The molecule has 1 N–H and O–H groups in total. The molecule has 1 aliphatic carbocycles. The fourth-order valence-electron chi connectivity index (χ4n) is 3.25. The number of benzene rings is 1. The molecule has 5 heteroatoms. The summed E-state index contributed by atoms with van der Waals surface area (Å²) in [5.41, 5.74) is 3.45. The summed E-state index contributed by atoms with van der Waals surface area (Å²) < 4.78 is 2.02. The number of rotatable bonds is 5. The molecule has 2 heterocycles. The molecule has 5 nitrogen and oxygen atoms in total. The van der Waals surface area contributed by atoms with Gasteiger partial charge in [-0.3, -0.25) is 14.5 Å². The number of pyridine rings is 1. The van der Waals surface area contributed by atoms with E-state index in [4.69, 9.17) is 0 Å². The molecule has 1 aliphatic rings. The SMILES string of the molecule is CC(C)Cn1ncc(C(=O)Nc2cccc3ncccc23)c1C1CC1. The van der Waals surface area contributed by atoms with Crippen LogP contribution in [0, 0.1) is 5.92 Å². The molecule has 0 unspecified atom stereocenters. The molecular weight excluding hydrogens is 312 g/mol. The van der Waals surface area contributed by atoms with E-state index in [-0.39, 0.29) is 5.91 Å². The molecule has 0 radical (unpaired) electrons. The molecule has 128 valence electrons. The van der Waals surface area contributed by atoms with Crippen LogP contribution in [0.5, 0.6) is 0 Å². The first-order valence-electron chi connectivity index (χ1n) is 8.84. The van der Waals surface area contributed by atoms with Crippen molar-refractivity contribution >= 4 is 22.5 Å². The molecule has 0 bridgehead atoms. The predicted molar refractivity (Wildman–Crippen MR) is 98.7 cm³/mol. The molecule has 25 heavy (non-hydrogen) atoms. The number of carbonyl (C=O) groups excluding carboxylic acids is 1. The highest BCUT2D eigenvalue weighted by Gasteiger charge is 2.32. The van der Waals surface area contributed by atoms with Gasteiger partial charge in [-0.2, -0.15) is 5.10 Å². The van der Waals surface area contributed by atoms with Crippen molar-refractivity contribution in [3.63, 3.8) is 0 Å². The lowest BCUT2D eigenvalue weighted by Crippen LogP contribution is -2.16. The average molecular weight is 334 g/mol. The van der Waals surface area contributed by atoms with Crippen molar-refractivity contribution < 1.29 is 4.79 Å². The molecule has 3 aromatic rings. The fraction of sp³-hybridized carbons (Fsp3) is 0.350. The Kier molecular flexibility index (Phi) is 3.99. The third kappa shape index (κ3) is 3.14. The number of fused-ring (bicyclic) bond motifs is 1. The molecule has 0 spiro atoms. The van der Waals surface area contributed by atoms with E-state index in [0.717, 1.165) is 41.7 Å². The van der Waals surface area contributed by atoms with Crippen molar-refractivity contribution in [1.29, 1.82) is 0 Å². The summed E-state index contributed by atoms with van der Waals surface area (Å²) in [7, 11) is 0. The van der Waals surface area contributed by atoms with Crippen LogP contribution < -0.4 is 5.32 Å². The minimum Gasteiger partial charge on any atom is -0.321 e.